The average molecular weight is 427 g/mol. The van der Waals surface area contributed by atoms with Gasteiger partial charge in [0.25, 0.3) is 5.91 Å². The average Bonchev–Trinajstić information content (AvgIpc) is 2.69. The van der Waals surface area contributed by atoms with E-state index in [0.29, 0.717) is 25.2 Å². The summed E-state index contributed by atoms with van der Waals surface area (Å²) in [7, 11) is 0. The lowest BCUT2D eigenvalue weighted by molar-refractivity contribution is 0.0144. The number of carbonyl (C=O) groups excluding carboxylic acids is 2. The first-order valence-electron chi connectivity index (χ1n) is 11.0. The minimum atomic E-state index is -0.468. The first kappa shape index (κ1) is 23.0. The quantitative estimate of drug-likeness (QED) is 0.741. The molecule has 2 amide bonds. The molecule has 3 rings (SSSR count). The van der Waals surface area contributed by atoms with Gasteiger partial charge in [0, 0.05) is 38.1 Å². The summed E-state index contributed by atoms with van der Waals surface area (Å²) in [4.78, 5) is 33.5. The summed E-state index contributed by atoms with van der Waals surface area (Å²) < 4.78 is 5.44. The summed E-state index contributed by atoms with van der Waals surface area (Å²) in [5.41, 5.74) is 2.98. The smallest absolute Gasteiger partial charge is 0.410 e. The zero-order chi connectivity index (χ0) is 22.6. The lowest BCUT2D eigenvalue weighted by atomic mass is 10.1. The Hall–Kier alpha value is -2.67. The van der Waals surface area contributed by atoms with Crippen molar-refractivity contribution in [3.05, 3.63) is 41.1 Å². The number of aromatic nitrogens is 1. The molecule has 1 aromatic carbocycles. The highest BCUT2D eigenvalue weighted by molar-refractivity contribution is 5.98. The Morgan fingerprint density at radius 1 is 1.10 bits per heavy atom. The van der Waals surface area contributed by atoms with Gasteiger partial charge in [-0.3, -0.25) is 14.7 Å². The van der Waals surface area contributed by atoms with E-state index < -0.39 is 5.60 Å². The van der Waals surface area contributed by atoms with Crippen LogP contribution in [0.4, 0.5) is 4.79 Å². The molecule has 7 nitrogen and oxygen atoms in total. The van der Waals surface area contributed by atoms with Crippen LogP contribution in [-0.2, 0) is 4.74 Å². The number of ether oxygens (including phenoxy) is 1. The molecule has 2 aromatic rings. The lowest BCUT2D eigenvalue weighted by Gasteiger charge is -2.35. The standard InChI is InChI=1S/C24H34N4O3/c1-17-7-8-19-16-20(18(2)26-21(19)15-17)22(29)25-9-6-10-27-11-13-28(14-12-27)23(30)31-24(3,4)5/h7-8,15-16H,6,9-14H2,1-5H3,(H,25,29). The fourth-order valence-corrected chi connectivity index (χ4v) is 3.68. The number of amides is 2. The van der Waals surface area contributed by atoms with Gasteiger partial charge in [-0.2, -0.15) is 0 Å². The van der Waals surface area contributed by atoms with Gasteiger partial charge in [0.05, 0.1) is 16.8 Å². The molecule has 1 aromatic heterocycles. The van der Waals surface area contributed by atoms with Crippen LogP contribution >= 0.6 is 0 Å². The van der Waals surface area contributed by atoms with Crippen LogP contribution < -0.4 is 5.32 Å². The fraction of sp³-hybridized carbons (Fsp3) is 0.542. The number of nitrogens with zero attached hydrogens (tertiary/aromatic N) is 3. The third-order valence-electron chi connectivity index (χ3n) is 5.37. The molecule has 1 fully saturated rings. The molecule has 0 aliphatic carbocycles. The van der Waals surface area contributed by atoms with Crippen LogP contribution in [0.25, 0.3) is 10.9 Å². The van der Waals surface area contributed by atoms with Crippen LogP contribution in [0.1, 0.15) is 48.8 Å². The van der Waals surface area contributed by atoms with Crippen molar-refractivity contribution in [2.24, 2.45) is 0 Å². The van der Waals surface area contributed by atoms with Crippen LogP contribution in [0.15, 0.2) is 24.3 Å². The molecular weight excluding hydrogens is 392 g/mol. The number of nitrogens with one attached hydrogen (secondary N) is 1. The zero-order valence-corrected chi connectivity index (χ0v) is 19.3. The van der Waals surface area contributed by atoms with Crippen LogP contribution in [0.2, 0.25) is 0 Å². The lowest BCUT2D eigenvalue weighted by Crippen LogP contribution is -2.50. The van der Waals surface area contributed by atoms with E-state index in [0.717, 1.165) is 48.2 Å². The Balaban J connectivity index is 1.42. The fourth-order valence-electron chi connectivity index (χ4n) is 3.68. The van der Waals surface area contributed by atoms with Crippen molar-refractivity contribution in [3.8, 4) is 0 Å². The summed E-state index contributed by atoms with van der Waals surface area (Å²) in [6.45, 7) is 14.0. The summed E-state index contributed by atoms with van der Waals surface area (Å²) in [5, 5.41) is 3.99. The number of carbonyl (C=O) groups is 2. The van der Waals surface area contributed by atoms with Crippen LogP contribution in [-0.4, -0.2) is 71.7 Å². The first-order chi connectivity index (χ1) is 14.6. The normalized spacial score (nSPS) is 15.2. The highest BCUT2D eigenvalue weighted by atomic mass is 16.6. The number of hydrogen-bond donors (Lipinski definition) is 1. The van der Waals surface area contributed by atoms with E-state index in [1.165, 1.54) is 0 Å². The van der Waals surface area contributed by atoms with Gasteiger partial charge in [-0.15, -0.1) is 0 Å². The van der Waals surface area contributed by atoms with E-state index in [-0.39, 0.29) is 12.0 Å². The maximum absolute atomic E-state index is 12.6. The summed E-state index contributed by atoms with van der Waals surface area (Å²) in [6, 6.07) is 7.99. The highest BCUT2D eigenvalue weighted by Crippen LogP contribution is 2.18. The van der Waals surface area contributed by atoms with Gasteiger partial charge in [0.15, 0.2) is 0 Å². The Morgan fingerprint density at radius 2 is 1.81 bits per heavy atom. The van der Waals surface area contributed by atoms with Gasteiger partial charge in [-0.25, -0.2) is 4.79 Å². The minimum Gasteiger partial charge on any atom is -0.444 e. The van der Waals surface area contributed by atoms with E-state index >= 15 is 0 Å². The van der Waals surface area contributed by atoms with Gasteiger partial charge in [0.1, 0.15) is 5.60 Å². The van der Waals surface area contributed by atoms with E-state index in [2.05, 4.69) is 15.2 Å². The predicted molar refractivity (Wildman–Crippen MR) is 122 cm³/mol. The molecule has 0 bridgehead atoms. The van der Waals surface area contributed by atoms with Crippen molar-refractivity contribution < 1.29 is 14.3 Å². The number of pyridine rings is 1. The van der Waals surface area contributed by atoms with Crippen LogP contribution in [0.5, 0.6) is 0 Å². The predicted octanol–water partition coefficient (Wildman–Crippen LogP) is 3.52. The summed E-state index contributed by atoms with van der Waals surface area (Å²) in [6.07, 6.45) is 0.617. The number of fused-ring (bicyclic) bond motifs is 1. The highest BCUT2D eigenvalue weighted by Gasteiger charge is 2.25. The van der Waals surface area contributed by atoms with Crippen LogP contribution in [0, 0.1) is 13.8 Å². The Labute approximate surface area is 184 Å². The largest absolute Gasteiger partial charge is 0.444 e. The second-order valence-electron chi connectivity index (χ2n) is 9.24. The second kappa shape index (κ2) is 9.64. The van der Waals surface area contributed by atoms with Crippen molar-refractivity contribution in [2.75, 3.05) is 39.3 Å². The number of rotatable bonds is 5. The van der Waals surface area contributed by atoms with Gasteiger partial charge >= 0.3 is 6.09 Å². The number of piperazine rings is 1. The van der Waals surface area contributed by atoms with Crippen molar-refractivity contribution >= 4 is 22.9 Å². The SMILES string of the molecule is Cc1ccc2cc(C(=O)NCCCN3CCN(C(=O)OC(C)(C)C)CC3)c(C)nc2c1. The van der Waals surface area contributed by atoms with Crippen molar-refractivity contribution in [2.45, 2.75) is 46.6 Å². The molecular formula is C24H34N4O3. The molecule has 31 heavy (non-hydrogen) atoms. The first-order valence-corrected chi connectivity index (χ1v) is 11.0. The molecule has 1 saturated heterocycles. The van der Waals surface area contributed by atoms with Gasteiger partial charge in [0.2, 0.25) is 0 Å². The number of benzene rings is 1. The molecule has 0 radical (unpaired) electrons. The van der Waals surface area contributed by atoms with Crippen LogP contribution in [0.3, 0.4) is 0 Å². The van der Waals surface area contributed by atoms with Gasteiger partial charge < -0.3 is 15.0 Å². The maximum atomic E-state index is 12.6. The monoisotopic (exact) mass is 426 g/mol. The molecule has 0 spiro atoms. The molecule has 0 unspecified atom stereocenters. The Morgan fingerprint density at radius 3 is 2.48 bits per heavy atom. The molecule has 1 aliphatic rings. The van der Waals surface area contributed by atoms with Crippen molar-refractivity contribution in [1.82, 2.24) is 20.1 Å². The van der Waals surface area contributed by atoms with Crippen molar-refractivity contribution in [1.29, 1.82) is 0 Å². The van der Waals surface area contributed by atoms with Gasteiger partial charge in [-0.1, -0.05) is 12.1 Å². The molecule has 7 heteroatoms. The molecule has 0 atom stereocenters. The molecule has 168 valence electrons. The Kier molecular flexibility index (Phi) is 7.15. The molecule has 1 aliphatic heterocycles. The van der Waals surface area contributed by atoms with E-state index in [4.69, 9.17) is 4.74 Å². The van der Waals surface area contributed by atoms with Gasteiger partial charge in [-0.05, 0) is 65.3 Å². The molecule has 0 saturated carbocycles. The summed E-state index contributed by atoms with van der Waals surface area (Å²) >= 11 is 0. The van der Waals surface area contributed by atoms with E-state index in [1.807, 2.05) is 58.9 Å². The molecule has 1 N–H and O–H groups in total. The Bertz CT molecular complexity index is 944. The molecule has 2 heterocycles. The zero-order valence-electron chi connectivity index (χ0n) is 19.3. The third kappa shape index (κ3) is 6.40. The van der Waals surface area contributed by atoms with E-state index in [1.54, 1.807) is 4.90 Å². The maximum Gasteiger partial charge on any atom is 0.410 e. The minimum absolute atomic E-state index is 0.0813. The third-order valence-corrected chi connectivity index (χ3v) is 5.37. The number of aryl methyl sites for hydroxylation is 2. The van der Waals surface area contributed by atoms with Crippen molar-refractivity contribution in [3.63, 3.8) is 0 Å². The second-order valence-corrected chi connectivity index (χ2v) is 9.24. The number of hydrogen-bond acceptors (Lipinski definition) is 5. The topological polar surface area (TPSA) is 74.8 Å². The van der Waals surface area contributed by atoms with E-state index in [9.17, 15) is 9.59 Å². The summed E-state index contributed by atoms with van der Waals surface area (Å²) in [5.74, 6) is -0.0813.